The van der Waals surface area contributed by atoms with Crippen LogP contribution in [0, 0.1) is 0 Å². The molecule has 4 rings (SSSR count). The fraction of sp³-hybridized carbons (Fsp3) is 0.444. The first-order chi connectivity index (χ1) is 11.3. The van der Waals surface area contributed by atoms with Crippen LogP contribution in [0.3, 0.4) is 0 Å². The Morgan fingerprint density at radius 2 is 1.91 bits per heavy atom. The SMILES string of the molecule is O=C(c1cc2c(s1)CCCC2)N1CCN(c2cccc[nH+]2)CC1. The second kappa shape index (κ2) is 6.32. The van der Waals surface area contributed by atoms with Gasteiger partial charge in [0, 0.05) is 10.9 Å². The maximum absolute atomic E-state index is 12.8. The molecule has 0 saturated carbocycles. The lowest BCUT2D eigenvalue weighted by atomic mass is 9.99. The number of anilines is 1. The number of amides is 1. The van der Waals surface area contributed by atoms with E-state index < -0.39 is 0 Å². The summed E-state index contributed by atoms with van der Waals surface area (Å²) in [5.74, 6) is 1.35. The molecule has 1 aliphatic heterocycles. The van der Waals surface area contributed by atoms with Crippen LogP contribution in [0.4, 0.5) is 5.82 Å². The highest BCUT2D eigenvalue weighted by Crippen LogP contribution is 2.30. The third-order valence-electron chi connectivity index (χ3n) is 4.81. The van der Waals surface area contributed by atoms with Gasteiger partial charge in [0.25, 0.3) is 11.7 Å². The van der Waals surface area contributed by atoms with Gasteiger partial charge in [0.1, 0.15) is 13.1 Å². The van der Waals surface area contributed by atoms with Crippen molar-refractivity contribution in [2.75, 3.05) is 31.1 Å². The molecule has 0 unspecified atom stereocenters. The van der Waals surface area contributed by atoms with Crippen molar-refractivity contribution in [1.82, 2.24) is 4.90 Å². The first kappa shape index (κ1) is 14.7. The highest BCUT2D eigenvalue weighted by atomic mass is 32.1. The number of carbonyl (C=O) groups excluding carboxylic acids is 1. The smallest absolute Gasteiger partial charge is 0.274 e. The Morgan fingerprint density at radius 3 is 2.65 bits per heavy atom. The number of hydrogen-bond acceptors (Lipinski definition) is 3. The number of piperazine rings is 1. The number of nitrogens with zero attached hydrogens (tertiary/aromatic N) is 2. The van der Waals surface area contributed by atoms with E-state index in [0.717, 1.165) is 49.7 Å². The molecule has 1 fully saturated rings. The van der Waals surface area contributed by atoms with Crippen LogP contribution >= 0.6 is 11.3 Å². The number of aryl methyl sites for hydroxylation is 2. The van der Waals surface area contributed by atoms with Gasteiger partial charge in [-0.1, -0.05) is 6.07 Å². The van der Waals surface area contributed by atoms with Gasteiger partial charge in [0.2, 0.25) is 0 Å². The Hall–Kier alpha value is -1.88. The third kappa shape index (κ3) is 2.98. The molecule has 0 bridgehead atoms. The van der Waals surface area contributed by atoms with Crippen LogP contribution < -0.4 is 9.88 Å². The zero-order valence-electron chi connectivity index (χ0n) is 13.3. The molecule has 2 aromatic rings. The Kier molecular flexibility index (Phi) is 4.04. The minimum Gasteiger partial charge on any atom is -0.330 e. The maximum atomic E-state index is 12.8. The molecule has 1 saturated heterocycles. The van der Waals surface area contributed by atoms with E-state index in [-0.39, 0.29) is 5.91 Å². The number of rotatable bonds is 2. The first-order valence-corrected chi connectivity index (χ1v) is 9.25. The molecule has 0 aromatic carbocycles. The molecule has 2 aromatic heterocycles. The van der Waals surface area contributed by atoms with Crippen LogP contribution in [0.5, 0.6) is 0 Å². The largest absolute Gasteiger partial charge is 0.330 e. The number of thiophene rings is 1. The second-order valence-electron chi connectivity index (χ2n) is 6.29. The summed E-state index contributed by atoms with van der Waals surface area (Å²) in [6.45, 7) is 3.36. The number of hydrogen-bond donors (Lipinski definition) is 0. The second-order valence-corrected chi connectivity index (χ2v) is 7.43. The number of nitrogens with one attached hydrogen (secondary N) is 1. The van der Waals surface area contributed by atoms with Crippen molar-refractivity contribution in [3.63, 3.8) is 0 Å². The summed E-state index contributed by atoms with van der Waals surface area (Å²) in [5, 5.41) is 0. The van der Waals surface area contributed by atoms with E-state index in [1.54, 1.807) is 11.3 Å². The van der Waals surface area contributed by atoms with E-state index in [1.807, 2.05) is 23.2 Å². The predicted molar refractivity (Wildman–Crippen MR) is 92.1 cm³/mol. The summed E-state index contributed by atoms with van der Waals surface area (Å²) in [7, 11) is 0. The highest BCUT2D eigenvalue weighted by molar-refractivity contribution is 7.14. The predicted octanol–water partition coefficient (Wildman–Crippen LogP) is 2.40. The Bertz CT molecular complexity index is 666. The number of aromatic amines is 1. The molecule has 0 atom stereocenters. The minimum atomic E-state index is 0.223. The zero-order chi connectivity index (χ0) is 15.6. The summed E-state index contributed by atoms with van der Waals surface area (Å²) < 4.78 is 0. The van der Waals surface area contributed by atoms with Crippen molar-refractivity contribution in [3.8, 4) is 0 Å². The Morgan fingerprint density at radius 1 is 1.09 bits per heavy atom. The summed E-state index contributed by atoms with van der Waals surface area (Å²) >= 11 is 1.72. The lowest BCUT2D eigenvalue weighted by Crippen LogP contribution is -2.49. The van der Waals surface area contributed by atoms with Crippen molar-refractivity contribution >= 4 is 23.1 Å². The van der Waals surface area contributed by atoms with Gasteiger partial charge in [-0.15, -0.1) is 11.3 Å². The third-order valence-corrected chi connectivity index (χ3v) is 6.03. The maximum Gasteiger partial charge on any atom is 0.274 e. The van der Waals surface area contributed by atoms with E-state index in [2.05, 4.69) is 22.0 Å². The molecule has 0 radical (unpaired) electrons. The van der Waals surface area contributed by atoms with E-state index >= 15 is 0 Å². The molecule has 3 heterocycles. The number of H-pyrrole nitrogens is 1. The van der Waals surface area contributed by atoms with Crippen LogP contribution in [0.15, 0.2) is 30.5 Å². The lowest BCUT2D eigenvalue weighted by Gasteiger charge is -2.30. The van der Waals surface area contributed by atoms with Gasteiger partial charge in [-0.05, 0) is 43.4 Å². The minimum absolute atomic E-state index is 0.223. The number of aromatic nitrogens is 1. The van der Waals surface area contributed by atoms with Gasteiger partial charge in [0.15, 0.2) is 0 Å². The highest BCUT2D eigenvalue weighted by Gasteiger charge is 2.28. The fourth-order valence-electron chi connectivity index (χ4n) is 3.48. The van der Waals surface area contributed by atoms with Crippen molar-refractivity contribution in [2.24, 2.45) is 0 Å². The summed E-state index contributed by atoms with van der Waals surface area (Å²) in [6.07, 6.45) is 6.79. The van der Waals surface area contributed by atoms with Crippen LogP contribution in [-0.2, 0) is 12.8 Å². The summed E-state index contributed by atoms with van der Waals surface area (Å²) in [6, 6.07) is 8.27. The van der Waals surface area contributed by atoms with E-state index in [9.17, 15) is 4.79 Å². The van der Waals surface area contributed by atoms with Crippen molar-refractivity contribution in [2.45, 2.75) is 25.7 Å². The first-order valence-electron chi connectivity index (χ1n) is 8.44. The van der Waals surface area contributed by atoms with E-state index in [1.165, 1.54) is 23.3 Å². The standard InChI is InChI=1S/C18H21N3OS/c22-18(16-13-14-5-1-2-6-15(14)23-16)21-11-9-20(10-12-21)17-7-3-4-8-19-17/h3-4,7-8,13H,1-2,5-6,9-12H2/p+1. The Labute approximate surface area is 140 Å². The molecule has 1 amide bonds. The van der Waals surface area contributed by atoms with Gasteiger partial charge in [-0.3, -0.25) is 9.69 Å². The van der Waals surface area contributed by atoms with E-state index in [4.69, 9.17) is 0 Å². The quantitative estimate of drug-likeness (QED) is 0.849. The molecule has 0 spiro atoms. The van der Waals surface area contributed by atoms with E-state index in [0.29, 0.717) is 0 Å². The van der Waals surface area contributed by atoms with Gasteiger partial charge in [-0.25, -0.2) is 4.98 Å². The van der Waals surface area contributed by atoms with Crippen molar-refractivity contribution in [1.29, 1.82) is 0 Å². The fourth-order valence-corrected chi connectivity index (χ4v) is 4.70. The average Bonchev–Trinajstić information content (AvgIpc) is 3.06. The molecule has 4 nitrogen and oxygen atoms in total. The van der Waals surface area contributed by atoms with Crippen LogP contribution in [0.25, 0.3) is 0 Å². The van der Waals surface area contributed by atoms with Crippen LogP contribution in [0.1, 0.15) is 33.0 Å². The van der Waals surface area contributed by atoms with Gasteiger partial charge < -0.3 is 4.90 Å². The van der Waals surface area contributed by atoms with Gasteiger partial charge >= 0.3 is 0 Å². The average molecular weight is 328 g/mol. The zero-order valence-corrected chi connectivity index (χ0v) is 14.1. The Balaban J connectivity index is 1.42. The molecular formula is C18H22N3OS+. The molecular weight excluding hydrogens is 306 g/mol. The number of carbonyl (C=O) groups is 1. The molecule has 5 heteroatoms. The normalized spacial score (nSPS) is 17.9. The van der Waals surface area contributed by atoms with Gasteiger partial charge in [-0.2, -0.15) is 0 Å². The molecule has 23 heavy (non-hydrogen) atoms. The molecule has 1 N–H and O–H groups in total. The number of pyridine rings is 1. The van der Waals surface area contributed by atoms with Crippen LogP contribution in [0.2, 0.25) is 0 Å². The van der Waals surface area contributed by atoms with Crippen LogP contribution in [-0.4, -0.2) is 37.0 Å². The van der Waals surface area contributed by atoms with Crippen molar-refractivity contribution in [3.05, 3.63) is 45.8 Å². The number of fused-ring (bicyclic) bond motifs is 1. The monoisotopic (exact) mass is 328 g/mol. The summed E-state index contributed by atoms with van der Waals surface area (Å²) in [4.78, 5) is 22.7. The lowest BCUT2D eigenvalue weighted by molar-refractivity contribution is -0.364. The molecule has 120 valence electrons. The molecule has 2 aliphatic rings. The topological polar surface area (TPSA) is 37.7 Å². The summed E-state index contributed by atoms with van der Waals surface area (Å²) in [5.41, 5.74) is 1.42. The van der Waals surface area contributed by atoms with Crippen molar-refractivity contribution < 1.29 is 9.78 Å². The van der Waals surface area contributed by atoms with Gasteiger partial charge in [0.05, 0.1) is 24.2 Å². The molecule has 1 aliphatic carbocycles.